The molecule has 2 aliphatic carbocycles. The lowest BCUT2D eigenvalue weighted by Crippen LogP contribution is -2.56. The Hall–Kier alpha value is -13.5. The van der Waals surface area contributed by atoms with Crippen molar-refractivity contribution in [3.05, 3.63) is 245 Å². The molecule has 2 N–H and O–H groups in total. The van der Waals surface area contributed by atoms with Gasteiger partial charge in [0.1, 0.15) is 47.3 Å². The molecule has 0 unspecified atom stereocenters. The van der Waals surface area contributed by atoms with Gasteiger partial charge in [-0.25, -0.2) is 92.7 Å². The first-order chi connectivity index (χ1) is 63.8. The molecule has 6 aliphatic rings. The quantitative estimate of drug-likeness (QED) is 0.0547. The van der Waals surface area contributed by atoms with Gasteiger partial charge in [-0.15, -0.1) is 0 Å². The number of hydrogen-bond acceptors (Lipinski definition) is 23. The van der Waals surface area contributed by atoms with Crippen molar-refractivity contribution in [2.24, 2.45) is 0 Å². The van der Waals surface area contributed by atoms with Gasteiger partial charge >= 0.3 is 17.1 Å². The van der Waals surface area contributed by atoms with E-state index in [-0.39, 0.29) is 150 Å². The third-order valence-electron chi connectivity index (χ3n) is 24.8. The molecule has 686 valence electrons. The molecule has 3 amide bonds. The van der Waals surface area contributed by atoms with Crippen LogP contribution in [0.5, 0.6) is 0 Å². The van der Waals surface area contributed by atoms with Crippen LogP contribution in [-0.2, 0) is 14.4 Å². The number of anilines is 5. The van der Waals surface area contributed by atoms with Crippen LogP contribution in [0.2, 0.25) is 15.1 Å². The molecule has 0 bridgehead atoms. The molecule has 4 aliphatic heterocycles. The van der Waals surface area contributed by atoms with Crippen molar-refractivity contribution in [1.29, 1.82) is 0 Å². The summed E-state index contributed by atoms with van der Waals surface area (Å²) in [4.78, 5) is 153. The third-order valence-corrected chi connectivity index (χ3v) is 25.7. The Bertz CT molecular complexity index is 6840. The standard InChI is InChI=1S/C34H38ClFN8O2.C32H28ClFN8O2.C31H34ClFN8O2/c1-7-26(45)42-15-16-43(21(6)18-42)31-23-17-24(35)29(22-11-8-9-12-25(22)36)37-32(23)44(34(46)40-31)30-27(19(2)3)38-33(41-13-10-14-41)39-28(30)20(4)5;1-3-25(43)41-13-12-40(16-20(41)15-35-2)30-22-14-23(33)28(21-6-4-5-7-24(21)34)38-31(22)42(32(44)39-30)29-26(18-8-9-18)36-17-37-27(29)19-10-11-19;1-7-23(42)39-12-13-40(18(6)15-39)28-20-14-21(32)26(19-10-8-9-11-22(19)33)35-29(20)41(31(43)38-28)27-24(16(2)3)36-30(34)37-25(27)17(4)5/h7-9,11-12,17,19-21H,1,10,13-16,18H2,2-6H3;3-7,14,17-20H,1,8-13,15-16H2;7-11,14,16-18H,1,12-13,15H2,2-6H3,(H2,34,36,37)/t21-;20-;18-/m000/s1. The predicted octanol–water partition coefficient (Wildman–Crippen LogP) is 15.7. The number of halogens is 6. The minimum Gasteiger partial charge on any atom is -0.368 e. The van der Waals surface area contributed by atoms with Crippen LogP contribution in [0.25, 0.3) is 88.8 Å². The van der Waals surface area contributed by atoms with Crippen molar-refractivity contribution < 1.29 is 27.6 Å². The zero-order valence-electron chi connectivity index (χ0n) is 75.4. The van der Waals surface area contributed by atoms with E-state index >= 15 is 13.2 Å². The van der Waals surface area contributed by atoms with Crippen LogP contribution in [-0.4, -0.2) is 203 Å². The molecule has 3 aromatic carbocycles. The van der Waals surface area contributed by atoms with Crippen molar-refractivity contribution in [3.8, 4) is 50.8 Å². The molecule has 12 aromatic rings. The van der Waals surface area contributed by atoms with Gasteiger partial charge in [-0.2, -0.15) is 15.0 Å². The summed E-state index contributed by atoms with van der Waals surface area (Å²) >= 11 is 20.5. The molecule has 3 atom stereocenters. The van der Waals surface area contributed by atoms with E-state index in [0.717, 1.165) is 56.6 Å². The lowest BCUT2D eigenvalue weighted by atomic mass is 10.0. The Morgan fingerprint density at radius 3 is 1.19 bits per heavy atom. The summed E-state index contributed by atoms with van der Waals surface area (Å²) in [6.07, 6.45) is 10.3. The molecule has 0 radical (unpaired) electrons. The first-order valence-electron chi connectivity index (χ1n) is 44.5. The van der Waals surface area contributed by atoms with Crippen LogP contribution in [0, 0.1) is 24.0 Å². The molecule has 6 fully saturated rings. The number of fused-ring (bicyclic) bond motifs is 3. The molecular weight excluding hydrogens is 1760 g/mol. The Morgan fingerprint density at radius 1 is 0.474 bits per heavy atom. The minimum atomic E-state index is -0.606. The highest BCUT2D eigenvalue weighted by Gasteiger charge is 2.41. The van der Waals surface area contributed by atoms with Gasteiger partial charge in [0, 0.05) is 113 Å². The number of carbonyl (C=O) groups excluding carboxylic acids is 3. The largest absolute Gasteiger partial charge is 0.368 e. The topological polar surface area (TPSA) is 325 Å². The van der Waals surface area contributed by atoms with Crippen molar-refractivity contribution >= 4 is 115 Å². The molecule has 133 heavy (non-hydrogen) atoms. The minimum absolute atomic E-state index is 0.0639. The van der Waals surface area contributed by atoms with Crippen LogP contribution in [0.1, 0.15) is 171 Å². The molecular formula is C97H100Cl3F3N24O6. The number of amides is 3. The van der Waals surface area contributed by atoms with E-state index in [0.29, 0.717) is 132 Å². The van der Waals surface area contributed by atoms with E-state index in [1.165, 1.54) is 50.1 Å². The average molecular weight is 1860 g/mol. The van der Waals surface area contributed by atoms with Crippen LogP contribution >= 0.6 is 34.8 Å². The van der Waals surface area contributed by atoms with E-state index in [2.05, 4.69) is 64.4 Å². The molecule has 9 aromatic heterocycles. The fourth-order valence-electron chi connectivity index (χ4n) is 17.7. The Balaban J connectivity index is 0.000000145. The van der Waals surface area contributed by atoms with Gasteiger partial charge in [0.15, 0.2) is 16.9 Å². The SMILES string of the molecule is C=CC(=O)N1CCN(c2nc(=O)n(-c3c(C(C)C)nc(N)nc3C(C)C)c3nc(-c4ccccc4F)c(Cl)cc23)[C@@H](C)C1.C=CC(=O)N1CCN(c2nc(=O)n(-c3c(C(C)C)nc(N4CCC4)nc3C(C)C)c3nc(-c4ccccc4F)c(Cl)cc23)[C@@H](C)C1.[C-]#[N+]C[C@H]1CN(c2nc(=O)n(-c3c(C4CC4)ncnc3C3CC3)c3nc(-c4ccccc4F)c(Cl)cc23)CCN1C(=O)C=C. The van der Waals surface area contributed by atoms with Gasteiger partial charge in [0.25, 0.3) is 0 Å². The fourth-order valence-corrected chi connectivity index (χ4v) is 18.5. The number of pyridine rings is 3. The number of hydrogen-bond donors (Lipinski definition) is 1. The van der Waals surface area contributed by atoms with Crippen molar-refractivity contribution in [2.45, 2.75) is 155 Å². The highest BCUT2D eigenvalue weighted by atomic mass is 35.5. The number of nitrogens with zero attached hydrogens (tertiary/aromatic N) is 23. The number of carbonyl (C=O) groups is 3. The number of piperazine rings is 3. The summed E-state index contributed by atoms with van der Waals surface area (Å²) in [5.41, 5.74) is 12.0. The first kappa shape index (κ1) is 92.8. The summed E-state index contributed by atoms with van der Waals surface area (Å²) in [5.74, 6) is -0.163. The number of nitrogens with two attached hydrogens (primary N) is 1. The van der Waals surface area contributed by atoms with E-state index in [1.807, 2.05) is 83.9 Å². The number of benzene rings is 3. The molecule has 4 saturated heterocycles. The van der Waals surface area contributed by atoms with Crippen LogP contribution in [0.4, 0.5) is 42.5 Å². The maximum absolute atomic E-state index is 15.2. The highest BCUT2D eigenvalue weighted by molar-refractivity contribution is 6.35. The Morgan fingerprint density at radius 2 is 0.842 bits per heavy atom. The van der Waals surface area contributed by atoms with Gasteiger partial charge in [-0.3, -0.25) is 14.4 Å². The summed E-state index contributed by atoms with van der Waals surface area (Å²) in [6, 6.07) is 23.0. The molecule has 36 heteroatoms. The summed E-state index contributed by atoms with van der Waals surface area (Å²) < 4.78 is 49.6. The summed E-state index contributed by atoms with van der Waals surface area (Å²) in [7, 11) is 0. The van der Waals surface area contributed by atoms with E-state index in [1.54, 1.807) is 93.8 Å². The zero-order valence-corrected chi connectivity index (χ0v) is 77.7. The molecule has 0 spiro atoms. The number of aromatic nitrogens is 15. The maximum atomic E-state index is 15.2. The van der Waals surface area contributed by atoms with Crippen molar-refractivity contribution in [3.63, 3.8) is 0 Å². The van der Waals surface area contributed by atoms with Crippen LogP contribution < -0.4 is 42.4 Å². The molecule has 18 rings (SSSR count). The van der Waals surface area contributed by atoms with Gasteiger partial charge in [-0.05, 0) is 142 Å². The smallest absolute Gasteiger partial charge is 0.355 e. The maximum Gasteiger partial charge on any atom is 0.355 e. The van der Waals surface area contributed by atoms with Crippen molar-refractivity contribution in [1.82, 2.24) is 88.2 Å². The normalized spacial score (nSPS) is 16.9. The monoisotopic (exact) mass is 1860 g/mol. The third kappa shape index (κ3) is 18.2. The molecule has 2 saturated carbocycles. The lowest BCUT2D eigenvalue weighted by molar-refractivity contribution is -0.128. The van der Waals surface area contributed by atoms with Gasteiger partial charge in [0.05, 0.1) is 99.5 Å². The van der Waals surface area contributed by atoms with Gasteiger partial charge < -0.3 is 44.9 Å². The Kier molecular flexibility index (Phi) is 26.8. The van der Waals surface area contributed by atoms with Crippen LogP contribution in [0.3, 0.4) is 0 Å². The van der Waals surface area contributed by atoms with Crippen LogP contribution in [0.15, 0.2) is 150 Å². The average Bonchev–Trinajstić information content (AvgIpc) is 1.27. The lowest BCUT2D eigenvalue weighted by Gasteiger charge is -2.40. The fraction of sp³-hybridized carbons (Fsp3) is 0.371. The molecule has 13 heterocycles. The second kappa shape index (κ2) is 38.4. The summed E-state index contributed by atoms with van der Waals surface area (Å²) in [6.45, 7) is 43.4. The Labute approximate surface area is 780 Å². The predicted molar refractivity (Wildman–Crippen MR) is 511 cm³/mol. The van der Waals surface area contributed by atoms with E-state index < -0.39 is 40.6 Å². The second-order valence-corrected chi connectivity index (χ2v) is 36.5. The van der Waals surface area contributed by atoms with Crippen molar-refractivity contribution in [2.75, 3.05) is 104 Å². The molecule has 30 nitrogen and oxygen atoms in total. The number of rotatable bonds is 20. The number of nitrogen functional groups attached to an aromatic ring is 1. The highest BCUT2D eigenvalue weighted by Crippen LogP contribution is 2.49. The van der Waals surface area contributed by atoms with Gasteiger partial charge in [-0.1, -0.05) is 146 Å². The second-order valence-electron chi connectivity index (χ2n) is 35.3. The van der Waals surface area contributed by atoms with E-state index in [9.17, 15) is 28.8 Å². The first-order valence-corrected chi connectivity index (χ1v) is 45.7. The summed E-state index contributed by atoms with van der Waals surface area (Å²) in [5, 5.41) is 2.12. The van der Waals surface area contributed by atoms with Gasteiger partial charge in [0.2, 0.25) is 36.2 Å². The van der Waals surface area contributed by atoms with E-state index in [4.69, 9.17) is 72.0 Å². The zero-order chi connectivity index (χ0) is 94.6.